The summed E-state index contributed by atoms with van der Waals surface area (Å²) in [5.74, 6) is 0.888. The lowest BCUT2D eigenvalue weighted by Gasteiger charge is -2.20. The van der Waals surface area contributed by atoms with Crippen LogP contribution in [-0.2, 0) is 11.8 Å². The van der Waals surface area contributed by atoms with Crippen molar-refractivity contribution in [1.82, 2.24) is 24.7 Å². The summed E-state index contributed by atoms with van der Waals surface area (Å²) in [6.07, 6.45) is 6.79. The Bertz CT molecular complexity index is 1240. The third-order valence-corrected chi connectivity index (χ3v) is 6.68. The Labute approximate surface area is 228 Å². The predicted molar refractivity (Wildman–Crippen MR) is 147 cm³/mol. The lowest BCUT2D eigenvalue weighted by atomic mass is 10.1. The van der Waals surface area contributed by atoms with Gasteiger partial charge in [-0.15, -0.1) is 0 Å². The van der Waals surface area contributed by atoms with Gasteiger partial charge in [0, 0.05) is 45.0 Å². The summed E-state index contributed by atoms with van der Waals surface area (Å²) in [6.45, 7) is 2.40. The Morgan fingerprint density at radius 3 is 2.79 bits per heavy atom. The summed E-state index contributed by atoms with van der Waals surface area (Å²) in [5, 5.41) is 5.58. The predicted octanol–water partition coefficient (Wildman–Crippen LogP) is 2.23. The van der Waals surface area contributed by atoms with Crippen LogP contribution in [0.3, 0.4) is 0 Å². The van der Waals surface area contributed by atoms with Crippen molar-refractivity contribution in [3.05, 3.63) is 29.7 Å². The number of aliphatic imine (C=N–C) groups is 1. The average Bonchev–Trinajstić information content (AvgIpc) is 3.50. The summed E-state index contributed by atoms with van der Waals surface area (Å²) < 4.78 is 13.0. The normalized spacial score (nSPS) is 16.1. The van der Waals surface area contributed by atoms with Crippen molar-refractivity contribution in [2.24, 2.45) is 12.0 Å². The van der Waals surface area contributed by atoms with Crippen LogP contribution in [0.1, 0.15) is 53.1 Å². The smallest absolute Gasteiger partial charge is 0.287 e. The number of fused-ring (bicyclic) bond motifs is 2. The van der Waals surface area contributed by atoms with Gasteiger partial charge in [0.1, 0.15) is 0 Å². The van der Waals surface area contributed by atoms with Crippen molar-refractivity contribution in [3.8, 4) is 11.5 Å². The van der Waals surface area contributed by atoms with Gasteiger partial charge in [-0.2, -0.15) is 0 Å². The number of imidazole rings is 1. The molecule has 0 saturated carbocycles. The zero-order valence-electron chi connectivity index (χ0n) is 23.0. The van der Waals surface area contributed by atoms with E-state index in [-0.39, 0.29) is 42.6 Å². The van der Waals surface area contributed by atoms with Crippen molar-refractivity contribution < 1.29 is 23.9 Å². The molecule has 1 aromatic carbocycles. The molecular weight excluding hydrogens is 502 g/mol. The third kappa shape index (κ3) is 6.94. The number of hydrogen-bond donors (Lipinski definition) is 2. The first-order valence-electron chi connectivity index (χ1n) is 13.2. The highest BCUT2D eigenvalue weighted by atomic mass is 16.5. The van der Waals surface area contributed by atoms with Gasteiger partial charge < -0.3 is 34.5 Å². The number of nitrogens with one attached hydrogen (secondary N) is 2. The van der Waals surface area contributed by atoms with E-state index in [0.717, 1.165) is 32.4 Å². The number of benzene rings is 1. The van der Waals surface area contributed by atoms with Gasteiger partial charge in [0.25, 0.3) is 11.8 Å². The van der Waals surface area contributed by atoms with Crippen molar-refractivity contribution >= 4 is 35.4 Å². The minimum atomic E-state index is -0.286. The number of aromatic nitrogens is 2. The molecule has 12 nitrogen and oxygen atoms in total. The quantitative estimate of drug-likeness (QED) is 0.396. The molecule has 1 aromatic heterocycles. The van der Waals surface area contributed by atoms with Gasteiger partial charge in [0.2, 0.25) is 11.7 Å². The number of amides is 3. The Balaban J connectivity index is 1.27. The van der Waals surface area contributed by atoms with Crippen LogP contribution < -0.4 is 20.1 Å². The molecule has 1 saturated heterocycles. The van der Waals surface area contributed by atoms with Crippen LogP contribution in [0, 0.1) is 0 Å². The van der Waals surface area contributed by atoms with Gasteiger partial charge in [0.05, 0.1) is 31.0 Å². The Kier molecular flexibility index (Phi) is 9.18. The van der Waals surface area contributed by atoms with Crippen LogP contribution >= 0.6 is 0 Å². The van der Waals surface area contributed by atoms with E-state index in [4.69, 9.17) is 9.47 Å². The minimum Gasteiger partial charge on any atom is -0.493 e. The molecule has 0 radical (unpaired) electrons. The number of ether oxygens (including phenoxy) is 2. The first-order valence-corrected chi connectivity index (χ1v) is 13.2. The fourth-order valence-electron chi connectivity index (χ4n) is 4.65. The topological polar surface area (TPSA) is 130 Å². The maximum absolute atomic E-state index is 13.0. The van der Waals surface area contributed by atoms with Gasteiger partial charge in [-0.05, 0) is 52.4 Å². The lowest BCUT2D eigenvalue weighted by molar-refractivity contribution is -0.116. The monoisotopic (exact) mass is 539 g/mol. The summed E-state index contributed by atoms with van der Waals surface area (Å²) in [6, 6.07) is 3.41. The van der Waals surface area contributed by atoms with E-state index >= 15 is 0 Å². The maximum Gasteiger partial charge on any atom is 0.287 e. The van der Waals surface area contributed by atoms with E-state index < -0.39 is 0 Å². The van der Waals surface area contributed by atoms with Gasteiger partial charge in [-0.25, -0.2) is 4.98 Å². The number of carbonyl (C=O) groups is 3. The van der Waals surface area contributed by atoms with Crippen molar-refractivity contribution in [3.63, 3.8) is 0 Å². The molecule has 1 atom stereocenters. The first kappa shape index (κ1) is 28.1. The standard InChI is InChI=1S/C27H37N7O5/c1-32(2)11-7-10-28-26(36)25-31-23(17-33(25)3)30-24(35)9-6-13-39-22-15-20-19(14-21(22)38-4)27(37)34-12-5-8-18(34)16-29-20/h14-18H,5-13H2,1-4H3,(H,28,36)(H,30,35)/t18-/m0/s1. The molecule has 2 aromatic rings. The molecule has 3 amide bonds. The largest absolute Gasteiger partial charge is 0.493 e. The second-order valence-corrected chi connectivity index (χ2v) is 9.98. The number of nitrogens with zero attached hydrogens (tertiary/aromatic N) is 5. The molecule has 0 aliphatic carbocycles. The number of hydrogen-bond acceptors (Lipinski definition) is 8. The van der Waals surface area contributed by atoms with E-state index in [9.17, 15) is 14.4 Å². The van der Waals surface area contributed by atoms with Crippen LogP contribution in [0.4, 0.5) is 11.5 Å². The summed E-state index contributed by atoms with van der Waals surface area (Å²) in [4.78, 5) is 50.6. The fourth-order valence-corrected chi connectivity index (χ4v) is 4.65. The Hall–Kier alpha value is -3.93. The highest BCUT2D eigenvalue weighted by Gasteiger charge is 2.32. The Morgan fingerprint density at radius 2 is 2.03 bits per heavy atom. The zero-order chi connectivity index (χ0) is 27.9. The van der Waals surface area contributed by atoms with Crippen molar-refractivity contribution in [2.45, 2.75) is 38.1 Å². The summed E-state index contributed by atoms with van der Waals surface area (Å²) in [7, 11) is 7.19. The van der Waals surface area contributed by atoms with Crippen LogP contribution in [0.2, 0.25) is 0 Å². The van der Waals surface area contributed by atoms with Crippen LogP contribution in [0.25, 0.3) is 0 Å². The second-order valence-electron chi connectivity index (χ2n) is 9.98. The number of methoxy groups -OCH3 is 1. The summed E-state index contributed by atoms with van der Waals surface area (Å²) >= 11 is 0. The molecule has 2 aliphatic rings. The maximum atomic E-state index is 13.0. The molecule has 2 N–H and O–H groups in total. The van der Waals surface area contributed by atoms with Gasteiger partial charge in [-0.3, -0.25) is 19.4 Å². The van der Waals surface area contributed by atoms with E-state index in [0.29, 0.717) is 41.5 Å². The van der Waals surface area contributed by atoms with Crippen LogP contribution in [0.5, 0.6) is 11.5 Å². The lowest BCUT2D eigenvalue weighted by Crippen LogP contribution is -2.35. The molecule has 0 bridgehead atoms. The number of rotatable bonds is 12. The van der Waals surface area contributed by atoms with E-state index in [1.165, 1.54) is 7.11 Å². The van der Waals surface area contributed by atoms with Gasteiger partial charge in [0.15, 0.2) is 17.3 Å². The Morgan fingerprint density at radius 1 is 1.21 bits per heavy atom. The molecular formula is C27H37N7O5. The summed E-state index contributed by atoms with van der Waals surface area (Å²) in [5.41, 5.74) is 1.05. The van der Waals surface area contributed by atoms with E-state index in [2.05, 4.69) is 25.5 Å². The van der Waals surface area contributed by atoms with Crippen LogP contribution in [-0.4, -0.2) is 96.8 Å². The second kappa shape index (κ2) is 12.7. The van der Waals surface area contributed by atoms with Crippen molar-refractivity contribution in [2.75, 3.05) is 52.8 Å². The molecule has 39 heavy (non-hydrogen) atoms. The van der Waals surface area contributed by atoms with Crippen LogP contribution in [0.15, 0.2) is 23.3 Å². The third-order valence-electron chi connectivity index (χ3n) is 6.68. The molecule has 210 valence electrons. The molecule has 4 rings (SSSR count). The molecule has 12 heteroatoms. The zero-order valence-corrected chi connectivity index (χ0v) is 23.0. The number of aryl methyl sites for hydroxylation is 1. The molecule has 2 aliphatic heterocycles. The minimum absolute atomic E-state index is 0.0245. The van der Waals surface area contributed by atoms with Crippen molar-refractivity contribution in [1.29, 1.82) is 0 Å². The highest BCUT2D eigenvalue weighted by Crippen LogP contribution is 2.38. The SMILES string of the molecule is COc1cc2c(cc1OCCCC(=O)Nc1cn(C)c(C(=O)NCCCN(C)C)n1)N=C[C@@H]1CCCN1C2=O. The number of anilines is 1. The number of carbonyl (C=O) groups excluding carboxylic acids is 3. The highest BCUT2D eigenvalue weighted by molar-refractivity contribution is 6.03. The molecule has 3 heterocycles. The van der Waals surface area contributed by atoms with E-state index in [1.54, 1.807) is 29.9 Å². The average molecular weight is 540 g/mol. The first-order chi connectivity index (χ1) is 18.8. The fraction of sp³-hybridized carbons (Fsp3) is 0.519. The van der Waals surface area contributed by atoms with E-state index in [1.807, 2.05) is 25.2 Å². The molecule has 0 spiro atoms. The molecule has 1 fully saturated rings. The van der Waals surface area contributed by atoms with Gasteiger partial charge in [-0.1, -0.05) is 0 Å². The molecule has 0 unspecified atom stereocenters. The van der Waals surface area contributed by atoms with Gasteiger partial charge >= 0.3 is 0 Å².